The summed E-state index contributed by atoms with van der Waals surface area (Å²) in [6.45, 7) is 8.00. The summed E-state index contributed by atoms with van der Waals surface area (Å²) in [6, 6.07) is 6.60. The van der Waals surface area contributed by atoms with E-state index in [1.54, 1.807) is 4.68 Å². The van der Waals surface area contributed by atoms with Crippen LogP contribution in [0, 0.1) is 19.7 Å². The highest BCUT2D eigenvalue weighted by molar-refractivity contribution is 9.10. The summed E-state index contributed by atoms with van der Waals surface area (Å²) < 4.78 is 15.7. The van der Waals surface area contributed by atoms with Crippen molar-refractivity contribution < 1.29 is 9.18 Å². The molecular weight excluding hydrogens is 387 g/mol. The predicted octanol–water partition coefficient (Wildman–Crippen LogP) is 2.75. The molecule has 2 aromatic rings. The van der Waals surface area contributed by atoms with Crippen LogP contribution in [0.15, 0.2) is 28.7 Å². The maximum Gasteiger partial charge on any atom is 0.244 e. The van der Waals surface area contributed by atoms with Crippen LogP contribution in [0.5, 0.6) is 0 Å². The number of aromatic nitrogens is 2. The molecule has 0 radical (unpaired) electrons. The van der Waals surface area contributed by atoms with E-state index in [9.17, 15) is 9.18 Å². The molecule has 1 saturated heterocycles. The van der Waals surface area contributed by atoms with Crippen molar-refractivity contribution in [3.63, 3.8) is 0 Å². The van der Waals surface area contributed by atoms with E-state index in [0.29, 0.717) is 13.1 Å². The number of hydrogen-bond acceptors (Lipinski definition) is 3. The van der Waals surface area contributed by atoms with Crippen molar-refractivity contribution in [3.8, 4) is 0 Å². The molecule has 1 amide bonds. The van der Waals surface area contributed by atoms with Gasteiger partial charge in [0.15, 0.2) is 0 Å². The fourth-order valence-corrected chi connectivity index (χ4v) is 3.34. The smallest absolute Gasteiger partial charge is 0.244 e. The normalized spacial score (nSPS) is 15.6. The summed E-state index contributed by atoms with van der Waals surface area (Å²) in [5.41, 5.74) is 2.96. The van der Waals surface area contributed by atoms with Gasteiger partial charge in [-0.25, -0.2) is 4.39 Å². The number of aryl methyl sites for hydroxylation is 1. The number of piperazine rings is 1. The van der Waals surface area contributed by atoms with E-state index in [2.05, 4.69) is 25.9 Å². The lowest BCUT2D eigenvalue weighted by atomic mass is 10.2. The molecule has 25 heavy (non-hydrogen) atoms. The number of hydrogen-bond donors (Lipinski definition) is 0. The van der Waals surface area contributed by atoms with Gasteiger partial charge in [-0.15, -0.1) is 0 Å². The first-order valence-corrected chi connectivity index (χ1v) is 9.17. The molecule has 1 aliphatic rings. The molecule has 7 heteroatoms. The van der Waals surface area contributed by atoms with Crippen LogP contribution < -0.4 is 0 Å². The Morgan fingerprint density at radius 2 is 1.80 bits per heavy atom. The Morgan fingerprint density at radius 1 is 1.16 bits per heavy atom. The van der Waals surface area contributed by atoms with Gasteiger partial charge in [0.25, 0.3) is 0 Å². The molecule has 1 aromatic heterocycles. The van der Waals surface area contributed by atoms with Gasteiger partial charge in [0.05, 0.1) is 15.9 Å². The number of carbonyl (C=O) groups excluding carboxylic acids is 1. The Hall–Kier alpha value is -1.73. The molecule has 0 atom stereocenters. The first-order chi connectivity index (χ1) is 11.9. The summed E-state index contributed by atoms with van der Waals surface area (Å²) >= 11 is 3.49. The molecular formula is C18H22BrFN4O. The van der Waals surface area contributed by atoms with Crippen LogP contribution in [-0.2, 0) is 17.9 Å². The van der Waals surface area contributed by atoms with Crippen molar-refractivity contribution in [3.05, 3.63) is 51.5 Å². The highest BCUT2D eigenvalue weighted by atomic mass is 79.9. The first kappa shape index (κ1) is 18.1. The van der Waals surface area contributed by atoms with Crippen LogP contribution in [0.4, 0.5) is 4.39 Å². The Kier molecular flexibility index (Phi) is 5.54. The van der Waals surface area contributed by atoms with Gasteiger partial charge in [-0.05, 0) is 47.5 Å². The van der Waals surface area contributed by atoms with Crippen molar-refractivity contribution in [1.29, 1.82) is 0 Å². The molecule has 0 N–H and O–H groups in total. The van der Waals surface area contributed by atoms with Crippen LogP contribution in [-0.4, -0.2) is 51.7 Å². The largest absolute Gasteiger partial charge is 0.339 e. The van der Waals surface area contributed by atoms with Gasteiger partial charge in [0.2, 0.25) is 5.91 Å². The van der Waals surface area contributed by atoms with Gasteiger partial charge in [-0.2, -0.15) is 5.10 Å². The van der Waals surface area contributed by atoms with Crippen LogP contribution in [0.3, 0.4) is 0 Å². The third kappa shape index (κ3) is 4.27. The highest BCUT2D eigenvalue weighted by Gasteiger charge is 2.22. The van der Waals surface area contributed by atoms with Crippen LogP contribution >= 0.6 is 15.9 Å². The zero-order valence-corrected chi connectivity index (χ0v) is 16.1. The summed E-state index contributed by atoms with van der Waals surface area (Å²) in [6.07, 6.45) is 0. The van der Waals surface area contributed by atoms with Crippen LogP contribution in [0.1, 0.15) is 17.0 Å². The van der Waals surface area contributed by atoms with Gasteiger partial charge in [0, 0.05) is 32.7 Å². The quantitative estimate of drug-likeness (QED) is 0.780. The predicted molar refractivity (Wildman–Crippen MR) is 97.7 cm³/mol. The Morgan fingerprint density at radius 3 is 2.36 bits per heavy atom. The van der Waals surface area contributed by atoms with E-state index >= 15 is 0 Å². The molecule has 5 nitrogen and oxygen atoms in total. The summed E-state index contributed by atoms with van der Waals surface area (Å²) in [5, 5.41) is 4.40. The van der Waals surface area contributed by atoms with E-state index in [4.69, 9.17) is 0 Å². The maximum atomic E-state index is 13.0. The summed E-state index contributed by atoms with van der Waals surface area (Å²) in [5.74, 6) is -0.116. The topological polar surface area (TPSA) is 41.4 Å². The molecule has 1 aromatic carbocycles. The molecule has 0 spiro atoms. The van der Waals surface area contributed by atoms with Crippen molar-refractivity contribution in [2.24, 2.45) is 0 Å². The van der Waals surface area contributed by atoms with Crippen molar-refractivity contribution >= 4 is 21.8 Å². The molecule has 0 aliphatic carbocycles. The summed E-state index contributed by atoms with van der Waals surface area (Å²) in [4.78, 5) is 16.7. The van der Waals surface area contributed by atoms with Crippen molar-refractivity contribution in [1.82, 2.24) is 19.6 Å². The van der Waals surface area contributed by atoms with Gasteiger partial charge >= 0.3 is 0 Å². The van der Waals surface area contributed by atoms with Crippen LogP contribution in [0.2, 0.25) is 0 Å². The molecule has 0 saturated carbocycles. The zero-order valence-electron chi connectivity index (χ0n) is 14.5. The maximum absolute atomic E-state index is 13.0. The molecule has 134 valence electrons. The minimum Gasteiger partial charge on any atom is -0.339 e. The number of nitrogens with zero attached hydrogens (tertiary/aromatic N) is 4. The average Bonchev–Trinajstić information content (AvgIpc) is 2.84. The third-order valence-corrected chi connectivity index (χ3v) is 5.77. The van der Waals surface area contributed by atoms with Gasteiger partial charge < -0.3 is 4.90 Å². The molecule has 1 aliphatic heterocycles. The van der Waals surface area contributed by atoms with Crippen molar-refractivity contribution in [2.45, 2.75) is 26.9 Å². The first-order valence-electron chi connectivity index (χ1n) is 8.38. The summed E-state index contributed by atoms with van der Waals surface area (Å²) in [7, 11) is 0. The van der Waals surface area contributed by atoms with E-state index < -0.39 is 0 Å². The zero-order chi connectivity index (χ0) is 18.0. The van der Waals surface area contributed by atoms with Crippen LogP contribution in [0.25, 0.3) is 0 Å². The van der Waals surface area contributed by atoms with Gasteiger partial charge in [-0.3, -0.25) is 14.4 Å². The fourth-order valence-electron chi connectivity index (χ4n) is 3.06. The van der Waals surface area contributed by atoms with Gasteiger partial charge in [0.1, 0.15) is 12.4 Å². The number of rotatable bonds is 4. The average molecular weight is 409 g/mol. The lowest BCUT2D eigenvalue weighted by molar-refractivity contribution is -0.133. The van der Waals surface area contributed by atoms with E-state index in [1.165, 1.54) is 12.1 Å². The second-order valence-electron chi connectivity index (χ2n) is 6.43. The van der Waals surface area contributed by atoms with E-state index in [0.717, 1.165) is 41.1 Å². The fraction of sp³-hybridized carbons (Fsp3) is 0.444. The van der Waals surface area contributed by atoms with E-state index in [1.807, 2.05) is 30.9 Å². The standard InChI is InChI=1S/C18H22BrFN4O/c1-13-18(19)14(2)24(21-13)12-17(25)23-9-7-22(8-10-23)11-15-3-5-16(20)6-4-15/h3-6H,7-12H2,1-2H3. The SMILES string of the molecule is Cc1nn(CC(=O)N2CCN(Cc3ccc(F)cc3)CC2)c(C)c1Br. The Bertz CT molecular complexity index is 751. The minimum absolute atomic E-state index is 0.0968. The lowest BCUT2D eigenvalue weighted by Gasteiger charge is -2.34. The number of halogens is 2. The van der Waals surface area contributed by atoms with Gasteiger partial charge in [-0.1, -0.05) is 12.1 Å². The molecule has 2 heterocycles. The second kappa shape index (κ2) is 7.66. The number of amides is 1. The molecule has 0 unspecified atom stereocenters. The number of carbonyl (C=O) groups is 1. The molecule has 0 bridgehead atoms. The third-order valence-electron chi connectivity index (χ3n) is 4.62. The molecule has 1 fully saturated rings. The highest BCUT2D eigenvalue weighted by Crippen LogP contribution is 2.20. The monoisotopic (exact) mass is 408 g/mol. The number of benzene rings is 1. The second-order valence-corrected chi connectivity index (χ2v) is 7.22. The Labute approximate surface area is 155 Å². The minimum atomic E-state index is -0.213. The van der Waals surface area contributed by atoms with Crippen molar-refractivity contribution in [2.75, 3.05) is 26.2 Å². The Balaban J connectivity index is 1.52. The molecule has 3 rings (SSSR count). The lowest BCUT2D eigenvalue weighted by Crippen LogP contribution is -2.49. The van der Waals surface area contributed by atoms with E-state index in [-0.39, 0.29) is 18.3 Å².